The van der Waals surface area contributed by atoms with Crippen LogP contribution in [0, 0.1) is 5.41 Å². The van der Waals surface area contributed by atoms with Gasteiger partial charge in [-0.2, -0.15) is 0 Å². The Morgan fingerprint density at radius 2 is 1.95 bits per heavy atom. The number of hydrogen-bond acceptors (Lipinski definition) is 2. The van der Waals surface area contributed by atoms with Gasteiger partial charge in [-0.1, -0.05) is 26.0 Å². The molecule has 0 aliphatic carbocycles. The molecule has 1 aromatic rings. The Morgan fingerprint density at radius 3 is 2.53 bits per heavy atom. The Bertz CT molecular complexity index is 517. The van der Waals surface area contributed by atoms with E-state index in [1.807, 2.05) is 20.9 Å². The first-order valence-corrected chi connectivity index (χ1v) is 6.81. The minimum Gasteiger partial charge on any atom is -0.330 e. The Morgan fingerprint density at radius 1 is 1.32 bits per heavy atom. The van der Waals surface area contributed by atoms with Crippen molar-refractivity contribution in [2.45, 2.75) is 39.5 Å². The van der Waals surface area contributed by atoms with Crippen LogP contribution in [0.2, 0.25) is 0 Å². The number of amides is 1. The summed E-state index contributed by atoms with van der Waals surface area (Å²) in [4.78, 5) is 14.0. The van der Waals surface area contributed by atoms with Crippen molar-refractivity contribution >= 4 is 11.6 Å². The summed E-state index contributed by atoms with van der Waals surface area (Å²) < 4.78 is 0. The largest absolute Gasteiger partial charge is 0.330 e. The van der Waals surface area contributed by atoms with Crippen molar-refractivity contribution in [2.75, 3.05) is 18.5 Å². The maximum Gasteiger partial charge on any atom is 0.236 e. The van der Waals surface area contributed by atoms with E-state index in [4.69, 9.17) is 5.73 Å². The molecule has 19 heavy (non-hydrogen) atoms. The summed E-state index contributed by atoms with van der Waals surface area (Å²) >= 11 is 0. The van der Waals surface area contributed by atoms with Gasteiger partial charge in [0.05, 0.1) is 5.41 Å². The Hall–Kier alpha value is -1.35. The third-order valence-electron chi connectivity index (χ3n) is 4.17. The first kappa shape index (κ1) is 14.1. The molecular weight excluding hydrogens is 236 g/mol. The monoisotopic (exact) mass is 260 g/mol. The lowest BCUT2D eigenvalue weighted by Gasteiger charge is -2.23. The van der Waals surface area contributed by atoms with Crippen molar-refractivity contribution in [3.8, 4) is 0 Å². The molecule has 104 valence electrons. The van der Waals surface area contributed by atoms with Gasteiger partial charge in [-0.15, -0.1) is 0 Å². The second-order valence-corrected chi connectivity index (χ2v) is 6.89. The van der Waals surface area contributed by atoms with Crippen LogP contribution in [0.1, 0.15) is 38.8 Å². The fourth-order valence-electron chi connectivity index (χ4n) is 2.75. The molecule has 1 heterocycles. The topological polar surface area (TPSA) is 46.3 Å². The predicted octanol–water partition coefficient (Wildman–Crippen LogP) is 2.47. The summed E-state index contributed by atoms with van der Waals surface area (Å²) in [5.74, 6) is 0.165. The fourth-order valence-corrected chi connectivity index (χ4v) is 2.75. The lowest BCUT2D eigenvalue weighted by molar-refractivity contribution is -0.121. The smallest absolute Gasteiger partial charge is 0.236 e. The van der Waals surface area contributed by atoms with Crippen molar-refractivity contribution in [2.24, 2.45) is 11.1 Å². The quantitative estimate of drug-likeness (QED) is 0.907. The minimum absolute atomic E-state index is 0.0902. The molecular formula is C16H24N2O. The van der Waals surface area contributed by atoms with Crippen LogP contribution in [0.3, 0.4) is 0 Å². The molecule has 1 amide bonds. The Balaban J connectivity index is 2.41. The van der Waals surface area contributed by atoms with Gasteiger partial charge in [0.15, 0.2) is 0 Å². The minimum atomic E-state index is -0.424. The molecule has 0 spiro atoms. The van der Waals surface area contributed by atoms with E-state index in [9.17, 15) is 4.79 Å². The van der Waals surface area contributed by atoms with E-state index in [0.717, 1.165) is 17.7 Å². The molecule has 0 saturated heterocycles. The number of nitrogens with zero attached hydrogens (tertiary/aromatic N) is 1. The van der Waals surface area contributed by atoms with Crippen molar-refractivity contribution < 1.29 is 4.79 Å². The van der Waals surface area contributed by atoms with Gasteiger partial charge in [0.2, 0.25) is 5.91 Å². The Kier molecular flexibility index (Phi) is 3.21. The molecule has 3 heteroatoms. The van der Waals surface area contributed by atoms with Crippen LogP contribution in [0.15, 0.2) is 18.2 Å². The number of likely N-dealkylation sites (N-methyl/N-ethyl adjacent to an activating group) is 1. The summed E-state index contributed by atoms with van der Waals surface area (Å²) in [5.41, 5.74) is 8.89. The van der Waals surface area contributed by atoms with Gasteiger partial charge in [-0.25, -0.2) is 0 Å². The normalized spacial score (nSPS) is 17.8. The third-order valence-corrected chi connectivity index (χ3v) is 4.17. The van der Waals surface area contributed by atoms with Gasteiger partial charge in [0.1, 0.15) is 0 Å². The summed E-state index contributed by atoms with van der Waals surface area (Å²) in [6.45, 7) is 8.99. The zero-order chi connectivity index (χ0) is 14.4. The van der Waals surface area contributed by atoms with Crippen LogP contribution in [-0.2, 0) is 16.6 Å². The number of carbonyl (C=O) groups excluding carboxylic acids is 1. The number of carbonyl (C=O) groups is 1. The molecule has 1 aromatic carbocycles. The van der Waals surface area contributed by atoms with E-state index in [1.54, 1.807) is 4.90 Å². The van der Waals surface area contributed by atoms with E-state index in [2.05, 4.69) is 32.0 Å². The summed E-state index contributed by atoms with van der Waals surface area (Å²) in [6, 6.07) is 6.35. The number of anilines is 1. The predicted molar refractivity (Wildman–Crippen MR) is 79.4 cm³/mol. The number of nitrogens with two attached hydrogens (primary N) is 1. The summed E-state index contributed by atoms with van der Waals surface area (Å²) in [7, 11) is 1.85. The van der Waals surface area contributed by atoms with Gasteiger partial charge in [-0.05, 0) is 49.4 Å². The maximum absolute atomic E-state index is 12.2. The van der Waals surface area contributed by atoms with E-state index < -0.39 is 5.41 Å². The molecule has 1 aliphatic heterocycles. The first-order chi connectivity index (χ1) is 8.69. The van der Waals surface area contributed by atoms with Crippen LogP contribution in [0.5, 0.6) is 0 Å². The van der Waals surface area contributed by atoms with Gasteiger partial charge in [0, 0.05) is 12.7 Å². The van der Waals surface area contributed by atoms with Crippen molar-refractivity contribution in [3.05, 3.63) is 29.3 Å². The van der Waals surface area contributed by atoms with Crippen molar-refractivity contribution in [1.82, 2.24) is 0 Å². The molecule has 0 fully saturated rings. The zero-order valence-electron chi connectivity index (χ0n) is 12.6. The Labute approximate surface area is 115 Å². The molecule has 0 bridgehead atoms. The van der Waals surface area contributed by atoms with E-state index >= 15 is 0 Å². The van der Waals surface area contributed by atoms with Crippen molar-refractivity contribution in [1.29, 1.82) is 0 Å². The van der Waals surface area contributed by atoms with E-state index in [-0.39, 0.29) is 11.3 Å². The molecule has 3 nitrogen and oxygen atoms in total. The lowest BCUT2D eigenvalue weighted by Crippen LogP contribution is -2.33. The molecule has 0 atom stereocenters. The van der Waals surface area contributed by atoms with E-state index in [1.165, 1.54) is 5.56 Å². The van der Waals surface area contributed by atoms with Crippen LogP contribution >= 0.6 is 0 Å². The SMILES string of the molecule is CN1C(=O)C(C)(C)c2cc(CC(C)(C)CN)ccc21. The average Bonchev–Trinajstić information content (AvgIpc) is 2.51. The van der Waals surface area contributed by atoms with Crippen LogP contribution in [0.25, 0.3) is 0 Å². The zero-order valence-corrected chi connectivity index (χ0v) is 12.6. The lowest BCUT2D eigenvalue weighted by atomic mass is 9.82. The number of benzene rings is 1. The number of fused-ring (bicyclic) bond motifs is 1. The van der Waals surface area contributed by atoms with Crippen molar-refractivity contribution in [3.63, 3.8) is 0 Å². The highest BCUT2D eigenvalue weighted by molar-refractivity contribution is 6.07. The maximum atomic E-state index is 12.2. The van der Waals surface area contributed by atoms with Gasteiger partial charge in [-0.3, -0.25) is 4.79 Å². The molecule has 0 unspecified atom stereocenters. The van der Waals surface area contributed by atoms with Gasteiger partial charge in [0.25, 0.3) is 0 Å². The highest BCUT2D eigenvalue weighted by atomic mass is 16.2. The molecule has 0 saturated carbocycles. The third kappa shape index (κ3) is 2.27. The highest BCUT2D eigenvalue weighted by Gasteiger charge is 2.42. The van der Waals surface area contributed by atoms with Gasteiger partial charge < -0.3 is 10.6 Å². The van der Waals surface area contributed by atoms with Crippen LogP contribution < -0.4 is 10.6 Å². The van der Waals surface area contributed by atoms with Crippen LogP contribution in [0.4, 0.5) is 5.69 Å². The summed E-state index contributed by atoms with van der Waals surface area (Å²) in [5, 5.41) is 0. The molecule has 0 radical (unpaired) electrons. The molecule has 1 aliphatic rings. The number of rotatable bonds is 3. The van der Waals surface area contributed by atoms with Gasteiger partial charge >= 0.3 is 0 Å². The molecule has 2 rings (SSSR count). The molecule has 2 N–H and O–H groups in total. The molecule has 0 aromatic heterocycles. The van der Waals surface area contributed by atoms with E-state index in [0.29, 0.717) is 6.54 Å². The second-order valence-electron chi connectivity index (χ2n) is 6.89. The summed E-state index contributed by atoms with van der Waals surface area (Å²) in [6.07, 6.45) is 0.935. The fraction of sp³-hybridized carbons (Fsp3) is 0.562. The highest BCUT2D eigenvalue weighted by Crippen LogP contribution is 2.41. The number of hydrogen-bond donors (Lipinski definition) is 1. The second kappa shape index (κ2) is 4.34. The average molecular weight is 260 g/mol. The van der Waals surface area contributed by atoms with Crippen LogP contribution in [-0.4, -0.2) is 19.5 Å². The first-order valence-electron chi connectivity index (χ1n) is 6.81. The standard InChI is InChI=1S/C16H24N2O/c1-15(2,10-17)9-11-6-7-13-12(8-11)16(3,4)14(19)18(13)5/h6-8H,9-10,17H2,1-5H3.